The first-order valence-corrected chi connectivity index (χ1v) is 5.76. The van der Waals surface area contributed by atoms with Gasteiger partial charge in [0.05, 0.1) is 12.4 Å². The fourth-order valence-corrected chi connectivity index (χ4v) is 1.61. The summed E-state index contributed by atoms with van der Waals surface area (Å²) in [6.07, 6.45) is 4.78. The van der Waals surface area contributed by atoms with Crippen LogP contribution in [0.25, 0.3) is 0 Å². The van der Waals surface area contributed by atoms with Crippen LogP contribution in [0, 0.1) is 11.3 Å². The summed E-state index contributed by atoms with van der Waals surface area (Å²) in [5, 5.41) is 7.21. The number of hydrogen-bond acceptors (Lipinski definition) is 3. The summed E-state index contributed by atoms with van der Waals surface area (Å²) in [4.78, 5) is 2.35. The molecule has 1 rings (SSSR count). The highest BCUT2D eigenvalue weighted by Gasteiger charge is 2.21. The van der Waals surface area contributed by atoms with Gasteiger partial charge in [0, 0.05) is 26.6 Å². The molecule has 0 aromatic carbocycles. The molecule has 0 aromatic rings. The summed E-state index contributed by atoms with van der Waals surface area (Å²) in [6, 6.07) is 0. The van der Waals surface area contributed by atoms with Crippen LogP contribution in [0.1, 0.15) is 25.7 Å². The third-order valence-electron chi connectivity index (χ3n) is 2.86. The second kappa shape index (κ2) is 6.80. The lowest BCUT2D eigenvalue weighted by Gasteiger charge is -2.21. The second-order valence-electron chi connectivity index (χ2n) is 4.34. The Morgan fingerprint density at radius 2 is 2.13 bits per heavy atom. The molecule has 0 atom stereocenters. The third-order valence-corrected chi connectivity index (χ3v) is 2.86. The minimum absolute atomic E-state index is 0.281. The van der Waals surface area contributed by atoms with E-state index in [0.29, 0.717) is 6.42 Å². The average molecular weight is 213 g/mol. The highest BCUT2D eigenvalue weighted by Crippen LogP contribution is 2.32. The average Bonchev–Trinajstić information content (AvgIpc) is 3.00. The molecule has 0 aromatic heterocycles. The van der Waals surface area contributed by atoms with E-state index in [9.17, 15) is 0 Å². The minimum Gasteiger partial charge on any atom is -0.388 e. The predicted molar refractivity (Wildman–Crippen MR) is 62.2 cm³/mol. The number of nitrogens with two attached hydrogens (primary N) is 1. The first kappa shape index (κ1) is 12.5. The number of methoxy groups -OCH3 is 1. The standard InChI is InChI=1S/C11H23N3O/c1-15-9-8-14(7-5-11(12)13)6-4-10-2-3-10/h10H,2-9H2,1H3,(H3,12,13). The van der Waals surface area contributed by atoms with E-state index in [-0.39, 0.29) is 5.84 Å². The first-order valence-electron chi connectivity index (χ1n) is 5.76. The molecule has 4 heteroatoms. The molecule has 1 aliphatic rings. The van der Waals surface area contributed by atoms with Crippen molar-refractivity contribution in [2.75, 3.05) is 33.4 Å². The molecule has 0 heterocycles. The van der Waals surface area contributed by atoms with Crippen LogP contribution in [0.15, 0.2) is 0 Å². The summed E-state index contributed by atoms with van der Waals surface area (Å²) < 4.78 is 5.07. The maximum atomic E-state index is 7.21. The Morgan fingerprint density at radius 3 is 2.67 bits per heavy atom. The monoisotopic (exact) mass is 213 g/mol. The largest absolute Gasteiger partial charge is 0.388 e. The van der Waals surface area contributed by atoms with E-state index in [0.717, 1.165) is 32.2 Å². The quantitative estimate of drug-likeness (QED) is 0.445. The zero-order valence-electron chi connectivity index (χ0n) is 9.67. The van der Waals surface area contributed by atoms with Crippen LogP contribution in [0.3, 0.4) is 0 Å². The molecular weight excluding hydrogens is 190 g/mol. The smallest absolute Gasteiger partial charge is 0.0918 e. The fraction of sp³-hybridized carbons (Fsp3) is 0.909. The van der Waals surface area contributed by atoms with Crippen LogP contribution in [-0.2, 0) is 4.74 Å². The van der Waals surface area contributed by atoms with Crippen LogP contribution in [0.2, 0.25) is 0 Å². The van der Waals surface area contributed by atoms with Crippen LogP contribution in [0.5, 0.6) is 0 Å². The van der Waals surface area contributed by atoms with Gasteiger partial charge in [0.15, 0.2) is 0 Å². The van der Waals surface area contributed by atoms with Crippen molar-refractivity contribution in [3.63, 3.8) is 0 Å². The van der Waals surface area contributed by atoms with Gasteiger partial charge < -0.3 is 15.4 Å². The van der Waals surface area contributed by atoms with Crippen molar-refractivity contribution in [3.05, 3.63) is 0 Å². The number of hydrogen-bond donors (Lipinski definition) is 2. The molecule has 0 bridgehead atoms. The molecule has 1 aliphatic carbocycles. The maximum absolute atomic E-state index is 7.21. The Bertz CT molecular complexity index is 192. The van der Waals surface area contributed by atoms with E-state index in [1.54, 1.807) is 7.11 Å². The number of amidine groups is 1. The molecule has 0 unspecified atom stereocenters. The summed E-state index contributed by atoms with van der Waals surface area (Å²) in [7, 11) is 1.73. The van der Waals surface area contributed by atoms with Gasteiger partial charge in [-0.1, -0.05) is 12.8 Å². The topological polar surface area (TPSA) is 62.3 Å². The first-order chi connectivity index (χ1) is 7.22. The molecule has 0 radical (unpaired) electrons. The fourth-order valence-electron chi connectivity index (χ4n) is 1.61. The molecule has 0 aliphatic heterocycles. The molecule has 0 spiro atoms. The molecule has 1 fully saturated rings. The molecule has 88 valence electrons. The minimum atomic E-state index is 0.281. The Kier molecular flexibility index (Phi) is 5.65. The molecule has 3 N–H and O–H groups in total. The number of rotatable bonds is 9. The van der Waals surface area contributed by atoms with Crippen molar-refractivity contribution >= 4 is 5.84 Å². The molecule has 0 saturated heterocycles. The summed E-state index contributed by atoms with van der Waals surface area (Å²) in [5.41, 5.74) is 5.36. The van der Waals surface area contributed by atoms with Gasteiger partial charge >= 0.3 is 0 Å². The van der Waals surface area contributed by atoms with Gasteiger partial charge in [0.1, 0.15) is 0 Å². The molecule has 15 heavy (non-hydrogen) atoms. The summed E-state index contributed by atoms with van der Waals surface area (Å²) in [6.45, 7) is 3.74. The van der Waals surface area contributed by atoms with Crippen LogP contribution >= 0.6 is 0 Å². The Labute approximate surface area is 92.3 Å². The number of nitrogens with zero attached hydrogens (tertiary/aromatic N) is 1. The molecular formula is C11H23N3O. The Hall–Kier alpha value is -0.610. The zero-order valence-corrected chi connectivity index (χ0v) is 9.67. The highest BCUT2D eigenvalue weighted by molar-refractivity contribution is 5.76. The van der Waals surface area contributed by atoms with Gasteiger partial charge in [-0.3, -0.25) is 5.41 Å². The van der Waals surface area contributed by atoms with Crippen LogP contribution in [-0.4, -0.2) is 44.1 Å². The lowest BCUT2D eigenvalue weighted by Crippen LogP contribution is -2.32. The van der Waals surface area contributed by atoms with Crippen molar-refractivity contribution in [1.29, 1.82) is 5.41 Å². The van der Waals surface area contributed by atoms with E-state index in [2.05, 4.69) is 4.90 Å². The van der Waals surface area contributed by atoms with Crippen molar-refractivity contribution in [1.82, 2.24) is 4.90 Å². The number of ether oxygens (including phenoxy) is 1. The zero-order chi connectivity index (χ0) is 11.1. The molecule has 4 nitrogen and oxygen atoms in total. The lowest BCUT2D eigenvalue weighted by molar-refractivity contribution is 0.147. The second-order valence-corrected chi connectivity index (χ2v) is 4.34. The van der Waals surface area contributed by atoms with Crippen molar-refractivity contribution < 1.29 is 4.74 Å². The van der Waals surface area contributed by atoms with E-state index >= 15 is 0 Å². The third kappa shape index (κ3) is 6.47. The van der Waals surface area contributed by atoms with Crippen molar-refractivity contribution in [2.24, 2.45) is 11.7 Å². The van der Waals surface area contributed by atoms with Gasteiger partial charge in [-0.15, -0.1) is 0 Å². The van der Waals surface area contributed by atoms with Gasteiger partial charge in [-0.2, -0.15) is 0 Å². The van der Waals surface area contributed by atoms with E-state index in [1.165, 1.54) is 19.3 Å². The molecule has 1 saturated carbocycles. The van der Waals surface area contributed by atoms with Crippen LogP contribution in [0.4, 0.5) is 0 Å². The maximum Gasteiger partial charge on any atom is 0.0918 e. The predicted octanol–water partition coefficient (Wildman–Crippen LogP) is 1.06. The van der Waals surface area contributed by atoms with E-state index < -0.39 is 0 Å². The lowest BCUT2D eigenvalue weighted by atomic mass is 10.2. The van der Waals surface area contributed by atoms with Gasteiger partial charge in [0.25, 0.3) is 0 Å². The van der Waals surface area contributed by atoms with Gasteiger partial charge in [-0.25, -0.2) is 0 Å². The summed E-state index contributed by atoms with van der Waals surface area (Å²) in [5.74, 6) is 1.25. The Balaban J connectivity index is 2.13. The normalized spacial score (nSPS) is 15.9. The Morgan fingerprint density at radius 1 is 1.40 bits per heavy atom. The van der Waals surface area contributed by atoms with Crippen LogP contribution < -0.4 is 5.73 Å². The van der Waals surface area contributed by atoms with Crippen molar-refractivity contribution in [3.8, 4) is 0 Å². The van der Waals surface area contributed by atoms with E-state index in [1.807, 2.05) is 0 Å². The van der Waals surface area contributed by atoms with Gasteiger partial charge in [-0.05, 0) is 18.9 Å². The van der Waals surface area contributed by atoms with Gasteiger partial charge in [0.2, 0.25) is 0 Å². The van der Waals surface area contributed by atoms with E-state index in [4.69, 9.17) is 15.9 Å². The molecule has 0 amide bonds. The highest BCUT2D eigenvalue weighted by atomic mass is 16.5. The SMILES string of the molecule is COCCN(CCC(=N)N)CCC1CC1. The van der Waals surface area contributed by atoms with Crippen molar-refractivity contribution in [2.45, 2.75) is 25.7 Å². The summed E-state index contributed by atoms with van der Waals surface area (Å²) >= 11 is 0. The number of nitrogens with one attached hydrogen (secondary N) is 1.